The number of methoxy groups -OCH3 is 1. The molecule has 0 aliphatic heterocycles. The van der Waals surface area contributed by atoms with Crippen LogP contribution in [-0.2, 0) is 0 Å². The Morgan fingerprint density at radius 3 is 2.32 bits per heavy atom. The van der Waals surface area contributed by atoms with Crippen LogP contribution in [0.3, 0.4) is 0 Å². The molecule has 2 amide bonds. The third-order valence-electron chi connectivity index (χ3n) is 4.21. The molecular weight excluding hydrogens is 445 g/mol. The van der Waals surface area contributed by atoms with Gasteiger partial charge < -0.3 is 15.4 Å². The second-order valence-electron chi connectivity index (χ2n) is 6.25. The van der Waals surface area contributed by atoms with Gasteiger partial charge in [0.05, 0.1) is 28.3 Å². The van der Waals surface area contributed by atoms with Crippen molar-refractivity contribution in [2.24, 2.45) is 0 Å². The average Bonchev–Trinajstić information content (AvgIpc) is 2.75. The zero-order valence-electron chi connectivity index (χ0n) is 16.0. The van der Waals surface area contributed by atoms with Crippen LogP contribution in [0.5, 0.6) is 5.75 Å². The molecule has 0 heterocycles. The van der Waals surface area contributed by atoms with Gasteiger partial charge in [-0.1, -0.05) is 29.3 Å². The van der Waals surface area contributed by atoms with Crippen LogP contribution in [0.1, 0.15) is 20.7 Å². The van der Waals surface area contributed by atoms with Crippen molar-refractivity contribution in [3.63, 3.8) is 0 Å². The molecule has 0 bridgehead atoms. The minimum Gasteiger partial charge on any atom is -0.497 e. The molecule has 2 N–H and O–H groups in total. The monoisotopic (exact) mass is 459 g/mol. The summed E-state index contributed by atoms with van der Waals surface area (Å²) in [5.41, 5.74) is 0.371. The zero-order chi connectivity index (χ0) is 22.5. The minimum atomic E-state index is -0.657. The number of non-ortho nitro benzene ring substituents is 1. The number of nitro benzene ring substituents is 1. The van der Waals surface area contributed by atoms with Gasteiger partial charge in [-0.3, -0.25) is 19.7 Å². The summed E-state index contributed by atoms with van der Waals surface area (Å²) in [6.45, 7) is 0. The van der Waals surface area contributed by atoms with E-state index in [1.165, 1.54) is 43.5 Å². The molecule has 0 unspecified atom stereocenters. The Bertz CT molecular complexity index is 1170. The molecule has 0 spiro atoms. The number of ether oxygens (including phenoxy) is 1. The zero-order valence-corrected chi connectivity index (χ0v) is 17.5. The Hall–Kier alpha value is -3.62. The number of carbonyl (C=O) groups excluding carboxylic acids is 2. The van der Waals surface area contributed by atoms with Crippen LogP contribution >= 0.6 is 23.2 Å². The van der Waals surface area contributed by atoms with Crippen LogP contribution in [0, 0.1) is 10.1 Å². The van der Waals surface area contributed by atoms with Gasteiger partial charge in [0.15, 0.2) is 0 Å². The Balaban J connectivity index is 1.90. The summed E-state index contributed by atoms with van der Waals surface area (Å²) in [6.07, 6.45) is 0. The normalized spacial score (nSPS) is 10.3. The molecule has 0 atom stereocenters. The number of halogens is 2. The first kappa shape index (κ1) is 22.1. The largest absolute Gasteiger partial charge is 0.497 e. The van der Waals surface area contributed by atoms with Gasteiger partial charge in [-0.2, -0.15) is 0 Å². The second-order valence-corrected chi connectivity index (χ2v) is 7.10. The van der Waals surface area contributed by atoms with Crippen molar-refractivity contribution in [2.45, 2.75) is 0 Å². The lowest BCUT2D eigenvalue weighted by Gasteiger charge is -2.14. The third-order valence-corrected chi connectivity index (χ3v) is 4.72. The van der Waals surface area contributed by atoms with Crippen molar-refractivity contribution in [3.8, 4) is 5.75 Å². The van der Waals surface area contributed by atoms with E-state index >= 15 is 0 Å². The number of nitrogens with one attached hydrogen (secondary N) is 2. The topological polar surface area (TPSA) is 111 Å². The molecule has 3 aromatic rings. The van der Waals surface area contributed by atoms with Crippen LogP contribution in [0.2, 0.25) is 10.0 Å². The molecule has 0 saturated carbocycles. The summed E-state index contributed by atoms with van der Waals surface area (Å²) in [5.74, 6) is -0.579. The van der Waals surface area contributed by atoms with E-state index in [9.17, 15) is 19.7 Å². The smallest absolute Gasteiger partial charge is 0.271 e. The van der Waals surface area contributed by atoms with E-state index in [2.05, 4.69) is 10.6 Å². The summed E-state index contributed by atoms with van der Waals surface area (Å²) in [7, 11) is 1.51. The fourth-order valence-corrected chi connectivity index (χ4v) is 3.24. The number of benzene rings is 3. The molecule has 0 aliphatic carbocycles. The highest BCUT2D eigenvalue weighted by molar-refractivity contribution is 6.38. The SMILES string of the molecule is COc1ccc(C(=O)Nc2c(Cl)cc(Cl)cc2C(=O)Nc2cccc([N+](=O)[O-])c2)cc1. The van der Waals surface area contributed by atoms with Crippen molar-refractivity contribution in [1.82, 2.24) is 0 Å². The van der Waals surface area contributed by atoms with E-state index in [1.807, 2.05) is 0 Å². The number of carbonyl (C=O) groups is 2. The number of nitro groups is 1. The first-order chi connectivity index (χ1) is 14.8. The van der Waals surface area contributed by atoms with Gasteiger partial charge in [-0.15, -0.1) is 0 Å². The first-order valence-corrected chi connectivity index (χ1v) is 9.54. The molecule has 3 aromatic carbocycles. The molecular formula is C21H15Cl2N3O5. The quantitative estimate of drug-likeness (QED) is 0.377. The number of amides is 2. The Labute approximate surface area is 186 Å². The predicted octanol–water partition coefficient (Wildman–Crippen LogP) is 5.41. The van der Waals surface area contributed by atoms with Crippen LogP contribution in [0.4, 0.5) is 17.1 Å². The molecule has 8 nitrogen and oxygen atoms in total. The van der Waals surface area contributed by atoms with E-state index in [0.29, 0.717) is 11.3 Å². The lowest BCUT2D eigenvalue weighted by Crippen LogP contribution is -2.19. The first-order valence-electron chi connectivity index (χ1n) is 8.78. The highest BCUT2D eigenvalue weighted by Gasteiger charge is 2.20. The van der Waals surface area contributed by atoms with Gasteiger partial charge in [0.25, 0.3) is 17.5 Å². The van der Waals surface area contributed by atoms with Crippen molar-refractivity contribution in [2.75, 3.05) is 17.7 Å². The molecule has 0 aromatic heterocycles. The molecule has 3 rings (SSSR count). The van der Waals surface area contributed by atoms with Crippen LogP contribution in [0.25, 0.3) is 0 Å². The maximum Gasteiger partial charge on any atom is 0.271 e. The summed E-state index contributed by atoms with van der Waals surface area (Å²) >= 11 is 12.3. The van der Waals surface area contributed by atoms with E-state index in [-0.39, 0.29) is 32.7 Å². The molecule has 158 valence electrons. The predicted molar refractivity (Wildman–Crippen MR) is 118 cm³/mol. The molecule has 0 fully saturated rings. The molecule has 0 aliphatic rings. The van der Waals surface area contributed by atoms with E-state index < -0.39 is 16.7 Å². The van der Waals surface area contributed by atoms with Crippen LogP contribution in [0.15, 0.2) is 60.7 Å². The lowest BCUT2D eigenvalue weighted by atomic mass is 10.1. The molecule has 0 radical (unpaired) electrons. The van der Waals surface area contributed by atoms with Crippen molar-refractivity contribution in [1.29, 1.82) is 0 Å². The fraction of sp³-hybridized carbons (Fsp3) is 0.0476. The summed E-state index contributed by atoms with van der Waals surface area (Å²) in [4.78, 5) is 35.9. The van der Waals surface area contributed by atoms with Gasteiger partial charge >= 0.3 is 0 Å². The van der Waals surface area contributed by atoms with Crippen molar-refractivity contribution >= 4 is 52.1 Å². The summed E-state index contributed by atoms with van der Waals surface area (Å²) in [5, 5.41) is 16.3. The Morgan fingerprint density at radius 1 is 0.968 bits per heavy atom. The Kier molecular flexibility index (Phi) is 6.74. The van der Waals surface area contributed by atoms with Gasteiger partial charge in [0.1, 0.15) is 5.75 Å². The molecule has 0 saturated heterocycles. The number of hydrogen-bond acceptors (Lipinski definition) is 5. The van der Waals surface area contributed by atoms with Gasteiger partial charge in [-0.25, -0.2) is 0 Å². The number of hydrogen-bond donors (Lipinski definition) is 2. The van der Waals surface area contributed by atoms with E-state index in [0.717, 1.165) is 0 Å². The van der Waals surface area contributed by atoms with Crippen LogP contribution < -0.4 is 15.4 Å². The minimum absolute atomic E-state index is 0.00846. The second kappa shape index (κ2) is 9.46. The standard InChI is InChI=1S/C21H15Cl2N3O5/c1-31-16-7-5-12(6-8-16)20(27)25-19-17(9-13(22)10-18(19)23)21(28)24-14-3-2-4-15(11-14)26(29)30/h2-11H,1H3,(H,24,28)(H,25,27). The third kappa shape index (κ3) is 5.30. The highest BCUT2D eigenvalue weighted by Crippen LogP contribution is 2.32. The van der Waals surface area contributed by atoms with Gasteiger partial charge in [-0.05, 0) is 42.5 Å². The fourth-order valence-electron chi connectivity index (χ4n) is 2.70. The number of anilines is 2. The molecule has 31 heavy (non-hydrogen) atoms. The molecule has 10 heteroatoms. The van der Waals surface area contributed by atoms with Crippen molar-refractivity contribution < 1.29 is 19.2 Å². The summed E-state index contributed by atoms with van der Waals surface area (Å²) in [6, 6.07) is 14.5. The lowest BCUT2D eigenvalue weighted by molar-refractivity contribution is -0.384. The van der Waals surface area contributed by atoms with Gasteiger partial charge in [0.2, 0.25) is 0 Å². The van der Waals surface area contributed by atoms with E-state index in [1.54, 1.807) is 24.3 Å². The number of rotatable bonds is 6. The van der Waals surface area contributed by atoms with Crippen molar-refractivity contribution in [3.05, 3.63) is 92.0 Å². The van der Waals surface area contributed by atoms with Gasteiger partial charge in [0, 0.05) is 28.4 Å². The summed E-state index contributed by atoms with van der Waals surface area (Å²) < 4.78 is 5.07. The Morgan fingerprint density at radius 2 is 1.68 bits per heavy atom. The maximum absolute atomic E-state index is 12.9. The highest BCUT2D eigenvalue weighted by atomic mass is 35.5. The van der Waals surface area contributed by atoms with E-state index in [4.69, 9.17) is 27.9 Å². The van der Waals surface area contributed by atoms with Crippen LogP contribution in [-0.4, -0.2) is 23.8 Å². The number of nitrogens with zero attached hydrogens (tertiary/aromatic N) is 1. The average molecular weight is 460 g/mol. The maximum atomic E-state index is 12.9.